The highest BCUT2D eigenvalue weighted by Gasteiger charge is 2.46. The van der Waals surface area contributed by atoms with Gasteiger partial charge in [-0.15, -0.1) is 0 Å². The Bertz CT molecular complexity index is 3010. The minimum absolute atomic E-state index is 0.612. The molecule has 1 aromatic heterocycles. The maximum Gasteiger partial charge on any atom is 0.0708 e. The second kappa shape index (κ2) is 14.6. The number of allylic oxidation sites excluding steroid dienone is 5. The molecule has 0 aliphatic heterocycles. The first kappa shape index (κ1) is 35.0. The highest BCUT2D eigenvalue weighted by molar-refractivity contribution is 6.16. The van der Waals surface area contributed by atoms with E-state index in [1.54, 1.807) is 0 Å². The fourth-order valence-corrected chi connectivity index (χ4v) is 9.25. The molecular formula is C56H42N2. The highest BCUT2D eigenvalue weighted by Crippen LogP contribution is 2.57. The number of aromatic nitrogens is 1. The molecule has 0 radical (unpaired) electrons. The van der Waals surface area contributed by atoms with E-state index in [-0.39, 0.29) is 0 Å². The fourth-order valence-electron chi connectivity index (χ4n) is 9.25. The predicted molar refractivity (Wildman–Crippen MR) is 246 cm³/mol. The highest BCUT2D eigenvalue weighted by atomic mass is 15.1. The zero-order valence-electron chi connectivity index (χ0n) is 32.5. The quantitative estimate of drug-likeness (QED) is 0.134. The lowest BCUT2D eigenvalue weighted by molar-refractivity contribution is 0.770. The molecule has 0 spiro atoms. The summed E-state index contributed by atoms with van der Waals surface area (Å²) in [6.07, 6.45) is 8.44. The van der Waals surface area contributed by atoms with E-state index in [1.165, 1.54) is 55.2 Å². The summed E-state index contributed by atoms with van der Waals surface area (Å²) >= 11 is 0. The lowest BCUT2D eigenvalue weighted by Gasteiger charge is -2.35. The van der Waals surface area contributed by atoms with Crippen molar-refractivity contribution < 1.29 is 0 Å². The summed E-state index contributed by atoms with van der Waals surface area (Å²) in [5.74, 6) is 0. The van der Waals surface area contributed by atoms with Crippen LogP contribution in [0, 0.1) is 0 Å². The molecular weight excluding hydrogens is 701 g/mol. The fraction of sp³-hybridized carbons (Fsp3) is 0.0357. The predicted octanol–water partition coefficient (Wildman–Crippen LogP) is 14.9. The van der Waals surface area contributed by atoms with Crippen molar-refractivity contribution >= 4 is 38.9 Å². The minimum Gasteiger partial charge on any atom is -0.310 e. The molecule has 2 nitrogen and oxygen atoms in total. The van der Waals surface area contributed by atoms with Gasteiger partial charge in [0.25, 0.3) is 0 Å². The minimum atomic E-state index is -0.612. The van der Waals surface area contributed by atoms with Gasteiger partial charge in [-0.1, -0.05) is 176 Å². The number of anilines is 3. The van der Waals surface area contributed by atoms with E-state index in [1.807, 2.05) is 6.92 Å². The second-order valence-corrected chi connectivity index (χ2v) is 14.9. The number of para-hydroxylation sites is 2. The van der Waals surface area contributed by atoms with Crippen LogP contribution < -0.4 is 4.90 Å². The van der Waals surface area contributed by atoms with E-state index in [9.17, 15) is 0 Å². The molecule has 1 unspecified atom stereocenters. The van der Waals surface area contributed by atoms with Crippen LogP contribution >= 0.6 is 0 Å². The third-order valence-corrected chi connectivity index (χ3v) is 11.7. The number of nitrogens with zero attached hydrogens (tertiary/aromatic N) is 2. The molecule has 0 fully saturated rings. The maximum absolute atomic E-state index is 4.85. The summed E-state index contributed by atoms with van der Waals surface area (Å²) in [7, 11) is 0. The zero-order chi connectivity index (χ0) is 39.1. The van der Waals surface area contributed by atoms with E-state index >= 15 is 0 Å². The summed E-state index contributed by atoms with van der Waals surface area (Å²) < 4.78 is 2.39. The van der Waals surface area contributed by atoms with Crippen molar-refractivity contribution in [3.63, 3.8) is 0 Å². The number of fused-ring (bicyclic) bond motifs is 6. The monoisotopic (exact) mass is 742 g/mol. The van der Waals surface area contributed by atoms with Gasteiger partial charge in [0.15, 0.2) is 0 Å². The van der Waals surface area contributed by atoms with Crippen LogP contribution in [0.5, 0.6) is 0 Å². The third-order valence-electron chi connectivity index (χ3n) is 11.7. The normalized spacial score (nSPS) is 14.6. The van der Waals surface area contributed by atoms with Gasteiger partial charge in [0.2, 0.25) is 0 Å². The molecule has 10 rings (SSSR count). The Labute approximate surface area is 340 Å². The van der Waals surface area contributed by atoms with Crippen molar-refractivity contribution in [2.24, 2.45) is 0 Å². The van der Waals surface area contributed by atoms with Crippen LogP contribution in [0.25, 0.3) is 49.7 Å². The van der Waals surface area contributed by atoms with E-state index < -0.39 is 5.41 Å². The Morgan fingerprint density at radius 2 is 1.16 bits per heavy atom. The van der Waals surface area contributed by atoms with Crippen LogP contribution in [0.4, 0.5) is 17.1 Å². The van der Waals surface area contributed by atoms with Gasteiger partial charge in [-0.05, 0) is 106 Å². The third kappa shape index (κ3) is 5.56. The Kier molecular flexibility index (Phi) is 8.81. The topological polar surface area (TPSA) is 8.17 Å². The molecule has 58 heavy (non-hydrogen) atoms. The number of rotatable bonds is 9. The van der Waals surface area contributed by atoms with Gasteiger partial charge < -0.3 is 9.47 Å². The summed E-state index contributed by atoms with van der Waals surface area (Å²) in [5.41, 5.74) is 15.6. The molecule has 8 aromatic carbocycles. The van der Waals surface area contributed by atoms with Crippen molar-refractivity contribution in [2.45, 2.75) is 12.3 Å². The summed E-state index contributed by atoms with van der Waals surface area (Å²) in [6.45, 7) is 6.90. The molecule has 1 atom stereocenters. The van der Waals surface area contributed by atoms with Gasteiger partial charge in [0.1, 0.15) is 0 Å². The molecule has 0 amide bonds. The number of hydrogen-bond acceptors (Lipinski definition) is 1. The molecule has 0 saturated heterocycles. The number of benzene rings is 8. The van der Waals surface area contributed by atoms with Crippen molar-refractivity contribution in [2.75, 3.05) is 4.90 Å². The zero-order valence-corrected chi connectivity index (χ0v) is 32.5. The van der Waals surface area contributed by atoms with Gasteiger partial charge in [0.05, 0.1) is 22.1 Å². The summed E-state index contributed by atoms with van der Waals surface area (Å²) in [6, 6.07) is 72.7. The second-order valence-electron chi connectivity index (χ2n) is 14.9. The molecule has 0 bridgehead atoms. The van der Waals surface area contributed by atoms with Crippen molar-refractivity contribution in [1.82, 2.24) is 4.57 Å². The van der Waals surface area contributed by atoms with E-state index in [0.717, 1.165) is 33.8 Å². The van der Waals surface area contributed by atoms with Crippen LogP contribution in [0.2, 0.25) is 0 Å². The standard InChI is InChI=1S/C56H42N2/c1-3-4-8-20-40(2)56(43-23-11-6-12-24-43)50-29-17-15-27-47(50)48-38-37-46(39-51(48)56)57(45-35-33-42(34-36-45)41-21-9-5-10-22-41)53-31-19-32-54-55(53)49-28-16-18-30-52(49)58(54)44-25-13-7-14-26-44/h3-39H,2H2,1H3/b4-3-,20-8-. The molecule has 9 aromatic rings. The molecule has 1 aliphatic carbocycles. The van der Waals surface area contributed by atoms with E-state index in [2.05, 4.69) is 234 Å². The first-order valence-electron chi connectivity index (χ1n) is 20.0. The van der Waals surface area contributed by atoms with Crippen molar-refractivity contribution in [3.05, 3.63) is 253 Å². The van der Waals surface area contributed by atoms with Crippen LogP contribution in [-0.2, 0) is 5.41 Å². The Morgan fingerprint density at radius 1 is 0.534 bits per heavy atom. The number of hydrogen-bond donors (Lipinski definition) is 0. The van der Waals surface area contributed by atoms with Crippen LogP contribution in [0.15, 0.2) is 237 Å². The first-order valence-corrected chi connectivity index (χ1v) is 20.0. The van der Waals surface area contributed by atoms with Crippen LogP contribution in [0.1, 0.15) is 23.6 Å². The molecule has 1 aliphatic rings. The molecule has 2 heteroatoms. The summed E-state index contributed by atoms with van der Waals surface area (Å²) in [4.78, 5) is 2.45. The van der Waals surface area contributed by atoms with Gasteiger partial charge in [0, 0.05) is 27.8 Å². The van der Waals surface area contributed by atoms with Gasteiger partial charge in [-0.2, -0.15) is 0 Å². The lowest BCUT2D eigenvalue weighted by atomic mass is 9.67. The Hall–Kier alpha value is -7.42. The SMILES string of the molecule is C=C(/C=C\C=C/C)C1(c2ccccc2)c2ccccc2-c2ccc(N(c3ccc(-c4ccccc4)cc3)c3cccc4c3c3ccccc3n4-c3ccccc3)cc21. The lowest BCUT2D eigenvalue weighted by Crippen LogP contribution is -2.28. The van der Waals surface area contributed by atoms with Gasteiger partial charge in [-0.25, -0.2) is 0 Å². The molecule has 0 N–H and O–H groups in total. The first-order chi connectivity index (χ1) is 28.7. The van der Waals surface area contributed by atoms with Crippen LogP contribution in [-0.4, -0.2) is 4.57 Å². The van der Waals surface area contributed by atoms with Crippen molar-refractivity contribution in [3.8, 4) is 27.9 Å². The molecule has 0 saturated carbocycles. The average Bonchev–Trinajstić information content (AvgIpc) is 3.79. The van der Waals surface area contributed by atoms with Crippen molar-refractivity contribution in [1.29, 1.82) is 0 Å². The maximum atomic E-state index is 4.85. The van der Waals surface area contributed by atoms with Gasteiger partial charge >= 0.3 is 0 Å². The molecule has 1 heterocycles. The smallest absolute Gasteiger partial charge is 0.0708 e. The Morgan fingerprint density at radius 3 is 1.93 bits per heavy atom. The Balaban J connectivity index is 1.26. The van der Waals surface area contributed by atoms with E-state index in [0.29, 0.717) is 0 Å². The summed E-state index contributed by atoms with van der Waals surface area (Å²) in [5, 5.41) is 2.41. The molecule has 276 valence electrons. The van der Waals surface area contributed by atoms with E-state index in [4.69, 9.17) is 6.58 Å². The average molecular weight is 743 g/mol. The van der Waals surface area contributed by atoms with Crippen LogP contribution in [0.3, 0.4) is 0 Å². The van der Waals surface area contributed by atoms with Gasteiger partial charge in [-0.3, -0.25) is 0 Å². The largest absolute Gasteiger partial charge is 0.310 e.